The highest BCUT2D eigenvalue weighted by atomic mass is 35.5. The van der Waals surface area contributed by atoms with Crippen molar-refractivity contribution in [3.8, 4) is 0 Å². The molecule has 1 N–H and O–H groups in total. The minimum Gasteiger partial charge on any atom is -0.352 e. The number of amides is 2. The maximum atomic E-state index is 13.6. The van der Waals surface area contributed by atoms with Crippen LogP contribution >= 0.6 is 23.2 Å². The van der Waals surface area contributed by atoms with E-state index >= 15 is 0 Å². The molecule has 0 fully saturated rings. The van der Waals surface area contributed by atoms with Crippen molar-refractivity contribution in [2.24, 2.45) is 0 Å². The van der Waals surface area contributed by atoms with Gasteiger partial charge in [0.2, 0.25) is 11.8 Å². The number of nitrogens with zero attached hydrogens (tertiary/aromatic N) is 1. The number of hydrogen-bond donors (Lipinski definition) is 1. The van der Waals surface area contributed by atoms with Gasteiger partial charge in [0.15, 0.2) is 0 Å². The van der Waals surface area contributed by atoms with Crippen LogP contribution in [-0.4, -0.2) is 28.8 Å². The summed E-state index contributed by atoms with van der Waals surface area (Å²) >= 11 is 12.3. The predicted octanol–water partition coefficient (Wildman–Crippen LogP) is 6.09. The molecule has 0 aliphatic heterocycles. The minimum atomic E-state index is -0.664. The molecule has 0 spiro atoms. The number of carbonyl (C=O) groups is 2. The van der Waals surface area contributed by atoms with E-state index < -0.39 is 6.04 Å². The predicted molar refractivity (Wildman–Crippen MR) is 139 cm³/mol. The summed E-state index contributed by atoms with van der Waals surface area (Å²) in [6, 6.07) is 24.2. The molecule has 3 aromatic carbocycles. The summed E-state index contributed by atoms with van der Waals surface area (Å²) in [6.45, 7) is 4.09. The molecule has 0 aliphatic carbocycles. The lowest BCUT2D eigenvalue weighted by molar-refractivity contribution is -0.141. The summed E-state index contributed by atoms with van der Waals surface area (Å²) in [5.74, 6) is -0.262. The third kappa shape index (κ3) is 7.61. The Kier molecular flexibility index (Phi) is 9.55. The lowest BCUT2D eigenvalue weighted by atomic mass is 10.0. The summed E-state index contributed by atoms with van der Waals surface area (Å²) in [4.78, 5) is 28.6. The quantitative estimate of drug-likeness (QED) is 0.369. The van der Waals surface area contributed by atoms with Crippen LogP contribution in [0.25, 0.3) is 0 Å². The Morgan fingerprint density at radius 1 is 0.824 bits per heavy atom. The number of carbonyl (C=O) groups excluding carboxylic acids is 2. The molecule has 0 unspecified atom stereocenters. The summed E-state index contributed by atoms with van der Waals surface area (Å²) in [7, 11) is 0. The molecule has 1 atom stereocenters. The molecule has 4 nitrogen and oxygen atoms in total. The highest BCUT2D eigenvalue weighted by Crippen LogP contribution is 2.24. The third-order valence-corrected chi connectivity index (χ3v) is 6.25. The number of benzene rings is 3. The molecular weight excluding hydrogens is 467 g/mol. The second-order valence-corrected chi connectivity index (χ2v) is 9.44. The molecular formula is C28H30Cl2N2O2. The Bertz CT molecular complexity index is 1090. The number of aryl methyl sites for hydroxylation is 1. The SMILES string of the molecule is CC(C)NC(=O)[C@@H](Cc1ccccc1)N(Cc1ccc(Cl)c(Cl)c1)C(=O)CCc1ccccc1. The molecule has 0 bridgehead atoms. The maximum absolute atomic E-state index is 13.6. The average Bonchev–Trinajstić information content (AvgIpc) is 2.83. The van der Waals surface area contributed by atoms with Gasteiger partial charge in [-0.1, -0.05) is 89.9 Å². The molecule has 0 saturated carbocycles. The molecule has 0 heterocycles. The Balaban J connectivity index is 1.92. The van der Waals surface area contributed by atoms with Crippen molar-refractivity contribution in [3.63, 3.8) is 0 Å². The smallest absolute Gasteiger partial charge is 0.243 e. The van der Waals surface area contributed by atoms with Gasteiger partial charge in [-0.3, -0.25) is 9.59 Å². The van der Waals surface area contributed by atoms with Crippen LogP contribution < -0.4 is 5.32 Å². The molecule has 2 amide bonds. The van der Waals surface area contributed by atoms with E-state index in [1.54, 1.807) is 17.0 Å². The van der Waals surface area contributed by atoms with Crippen LogP contribution in [0.5, 0.6) is 0 Å². The molecule has 0 saturated heterocycles. The van der Waals surface area contributed by atoms with Gasteiger partial charge in [0.05, 0.1) is 10.0 Å². The number of hydrogen-bond acceptors (Lipinski definition) is 2. The van der Waals surface area contributed by atoms with Gasteiger partial charge < -0.3 is 10.2 Å². The van der Waals surface area contributed by atoms with Crippen molar-refractivity contribution in [2.75, 3.05) is 0 Å². The molecule has 178 valence electrons. The van der Waals surface area contributed by atoms with Crippen LogP contribution in [0.15, 0.2) is 78.9 Å². The van der Waals surface area contributed by atoms with Crippen LogP contribution in [-0.2, 0) is 29.0 Å². The number of rotatable bonds is 10. The van der Waals surface area contributed by atoms with Gasteiger partial charge in [0.25, 0.3) is 0 Å². The molecule has 6 heteroatoms. The van der Waals surface area contributed by atoms with E-state index in [0.29, 0.717) is 29.3 Å². The Morgan fingerprint density at radius 2 is 1.44 bits per heavy atom. The highest BCUT2D eigenvalue weighted by Gasteiger charge is 2.30. The van der Waals surface area contributed by atoms with Gasteiger partial charge >= 0.3 is 0 Å². The first-order chi connectivity index (χ1) is 16.3. The van der Waals surface area contributed by atoms with E-state index in [-0.39, 0.29) is 24.4 Å². The Labute approximate surface area is 211 Å². The second-order valence-electron chi connectivity index (χ2n) is 8.62. The standard InChI is InChI=1S/C28H30Cl2N2O2/c1-20(2)31-28(34)26(18-22-11-7-4-8-12-22)32(19-23-13-15-24(29)25(30)17-23)27(33)16-14-21-9-5-3-6-10-21/h3-13,15,17,20,26H,14,16,18-19H2,1-2H3,(H,31,34)/t26-/m1/s1. The fourth-order valence-electron chi connectivity index (χ4n) is 3.81. The van der Waals surface area contributed by atoms with Gasteiger partial charge in [0.1, 0.15) is 6.04 Å². The summed E-state index contributed by atoms with van der Waals surface area (Å²) in [5.41, 5.74) is 2.89. The van der Waals surface area contributed by atoms with Gasteiger partial charge in [-0.05, 0) is 49.1 Å². The maximum Gasteiger partial charge on any atom is 0.243 e. The highest BCUT2D eigenvalue weighted by molar-refractivity contribution is 6.42. The fraction of sp³-hybridized carbons (Fsp3) is 0.286. The van der Waals surface area contributed by atoms with E-state index in [9.17, 15) is 9.59 Å². The molecule has 34 heavy (non-hydrogen) atoms. The molecule has 0 aromatic heterocycles. The summed E-state index contributed by atoms with van der Waals surface area (Å²) < 4.78 is 0. The Morgan fingerprint density at radius 3 is 2.03 bits per heavy atom. The lowest BCUT2D eigenvalue weighted by Crippen LogP contribution is -2.51. The summed E-state index contributed by atoms with van der Waals surface area (Å²) in [6.07, 6.45) is 1.31. The van der Waals surface area contributed by atoms with Crippen LogP contribution in [0.3, 0.4) is 0 Å². The lowest BCUT2D eigenvalue weighted by Gasteiger charge is -2.32. The van der Waals surface area contributed by atoms with E-state index in [1.165, 1.54) is 0 Å². The normalized spacial score (nSPS) is 11.8. The minimum absolute atomic E-state index is 0.0444. The first kappa shape index (κ1) is 25.8. The zero-order valence-electron chi connectivity index (χ0n) is 19.5. The zero-order valence-corrected chi connectivity index (χ0v) is 21.0. The molecule has 0 aliphatic rings. The fourth-order valence-corrected chi connectivity index (χ4v) is 4.13. The van der Waals surface area contributed by atoms with Crippen molar-refractivity contribution < 1.29 is 9.59 Å². The van der Waals surface area contributed by atoms with E-state index in [0.717, 1.165) is 16.7 Å². The van der Waals surface area contributed by atoms with E-state index in [4.69, 9.17) is 23.2 Å². The average molecular weight is 497 g/mol. The summed E-state index contributed by atoms with van der Waals surface area (Å²) in [5, 5.41) is 3.87. The van der Waals surface area contributed by atoms with Crippen LogP contribution in [0, 0.1) is 0 Å². The second kappa shape index (κ2) is 12.6. The van der Waals surface area contributed by atoms with Crippen molar-refractivity contribution in [1.29, 1.82) is 0 Å². The first-order valence-electron chi connectivity index (χ1n) is 11.4. The molecule has 3 rings (SSSR count). The largest absolute Gasteiger partial charge is 0.352 e. The van der Waals surface area contributed by atoms with Crippen molar-refractivity contribution >= 4 is 35.0 Å². The van der Waals surface area contributed by atoms with Gasteiger partial charge in [-0.25, -0.2) is 0 Å². The van der Waals surface area contributed by atoms with E-state index in [1.807, 2.05) is 80.6 Å². The van der Waals surface area contributed by atoms with Gasteiger partial charge in [-0.15, -0.1) is 0 Å². The number of halogens is 2. The van der Waals surface area contributed by atoms with Crippen molar-refractivity contribution in [2.45, 2.75) is 51.7 Å². The third-order valence-electron chi connectivity index (χ3n) is 5.51. The van der Waals surface area contributed by atoms with Crippen LogP contribution in [0.4, 0.5) is 0 Å². The van der Waals surface area contributed by atoms with E-state index in [2.05, 4.69) is 5.32 Å². The van der Waals surface area contributed by atoms with Crippen molar-refractivity contribution in [1.82, 2.24) is 10.2 Å². The monoisotopic (exact) mass is 496 g/mol. The van der Waals surface area contributed by atoms with Gasteiger partial charge in [0, 0.05) is 25.4 Å². The molecule has 3 aromatic rings. The topological polar surface area (TPSA) is 49.4 Å². The zero-order chi connectivity index (χ0) is 24.5. The Hall–Kier alpha value is -2.82. The molecule has 0 radical (unpaired) electrons. The van der Waals surface area contributed by atoms with Gasteiger partial charge in [-0.2, -0.15) is 0 Å². The number of nitrogens with one attached hydrogen (secondary N) is 1. The van der Waals surface area contributed by atoms with Crippen LogP contribution in [0.1, 0.15) is 37.0 Å². The first-order valence-corrected chi connectivity index (χ1v) is 12.2. The van der Waals surface area contributed by atoms with Crippen LogP contribution in [0.2, 0.25) is 10.0 Å². The van der Waals surface area contributed by atoms with Crippen molar-refractivity contribution in [3.05, 3.63) is 106 Å².